The Morgan fingerprint density at radius 2 is 1.82 bits per heavy atom. The number of anilines is 1. The maximum atomic E-state index is 12.2. The van der Waals surface area contributed by atoms with Crippen LogP contribution in [-0.4, -0.2) is 39.5 Å². The van der Waals surface area contributed by atoms with Crippen molar-refractivity contribution >= 4 is 17.6 Å². The van der Waals surface area contributed by atoms with Crippen molar-refractivity contribution in [1.29, 1.82) is 0 Å². The van der Waals surface area contributed by atoms with E-state index in [1.165, 1.54) is 14.2 Å². The van der Waals surface area contributed by atoms with Gasteiger partial charge in [-0.05, 0) is 31.0 Å². The first kappa shape index (κ1) is 16.0. The van der Waals surface area contributed by atoms with E-state index in [4.69, 9.17) is 14.2 Å². The molecule has 0 aromatic heterocycles. The molecule has 0 amide bonds. The smallest absolute Gasteiger partial charge is 0.355 e. The highest BCUT2D eigenvalue weighted by atomic mass is 16.5. The number of methoxy groups -OCH3 is 2. The van der Waals surface area contributed by atoms with Gasteiger partial charge in [0, 0.05) is 5.69 Å². The number of ether oxygens (including phenoxy) is 3. The lowest BCUT2D eigenvalue weighted by Gasteiger charge is -2.32. The van der Waals surface area contributed by atoms with Gasteiger partial charge in [0.05, 0.1) is 26.4 Å². The zero-order valence-electron chi connectivity index (χ0n) is 13.1. The first-order valence-corrected chi connectivity index (χ1v) is 6.82. The maximum Gasteiger partial charge on any atom is 0.355 e. The number of esters is 2. The summed E-state index contributed by atoms with van der Waals surface area (Å²) in [5.41, 5.74) is 3.11. The zero-order valence-corrected chi connectivity index (χ0v) is 13.1. The van der Waals surface area contributed by atoms with Crippen molar-refractivity contribution in [3.05, 3.63) is 40.6 Å². The second kappa shape index (κ2) is 6.62. The molecule has 1 aliphatic heterocycles. The molecule has 6 nitrogen and oxygen atoms in total. The van der Waals surface area contributed by atoms with Gasteiger partial charge in [-0.15, -0.1) is 0 Å². The van der Waals surface area contributed by atoms with Crippen LogP contribution in [0, 0.1) is 13.8 Å². The first-order chi connectivity index (χ1) is 10.5. The third-order valence-electron chi connectivity index (χ3n) is 3.49. The molecule has 2 rings (SSSR count). The fourth-order valence-electron chi connectivity index (χ4n) is 2.34. The van der Waals surface area contributed by atoms with Crippen molar-refractivity contribution in [3.63, 3.8) is 0 Å². The van der Waals surface area contributed by atoms with E-state index < -0.39 is 11.9 Å². The zero-order chi connectivity index (χ0) is 16.3. The molecular formula is C16H19NO5. The number of hydrogen-bond donors (Lipinski definition) is 0. The van der Waals surface area contributed by atoms with E-state index in [2.05, 4.69) is 0 Å². The highest BCUT2D eigenvalue weighted by Gasteiger charge is 2.32. The lowest BCUT2D eigenvalue weighted by molar-refractivity contribution is -0.140. The van der Waals surface area contributed by atoms with Gasteiger partial charge in [-0.3, -0.25) is 0 Å². The standard InChI is InChI=1S/C16H19NO5/c1-10-5-6-11(2)13(7-10)17-9-22-8-12(15(18)20-3)14(17)16(19)21-4/h5-7H,8-9H2,1-4H3. The van der Waals surface area contributed by atoms with Gasteiger partial charge in [-0.2, -0.15) is 0 Å². The van der Waals surface area contributed by atoms with E-state index in [0.717, 1.165) is 16.8 Å². The SMILES string of the molecule is COC(=O)C1=C(C(=O)OC)N(c2cc(C)ccc2C)COC1. The Hall–Kier alpha value is -2.34. The molecule has 1 aromatic carbocycles. The minimum Gasteiger partial charge on any atom is -0.466 e. The molecule has 0 fully saturated rings. The fraction of sp³-hybridized carbons (Fsp3) is 0.375. The van der Waals surface area contributed by atoms with Gasteiger partial charge in [-0.1, -0.05) is 12.1 Å². The van der Waals surface area contributed by atoms with E-state index in [9.17, 15) is 9.59 Å². The number of hydrogen-bond acceptors (Lipinski definition) is 6. The fourth-order valence-corrected chi connectivity index (χ4v) is 2.34. The third-order valence-corrected chi connectivity index (χ3v) is 3.49. The molecular weight excluding hydrogens is 286 g/mol. The summed E-state index contributed by atoms with van der Waals surface area (Å²) in [5.74, 6) is -1.19. The lowest BCUT2D eigenvalue weighted by Crippen LogP contribution is -2.39. The van der Waals surface area contributed by atoms with Crippen LogP contribution >= 0.6 is 0 Å². The molecule has 0 aliphatic carbocycles. The number of benzene rings is 1. The number of nitrogens with zero attached hydrogens (tertiary/aromatic N) is 1. The predicted octanol–water partition coefficient (Wildman–Crippen LogP) is 1.70. The van der Waals surface area contributed by atoms with Crippen LogP contribution in [-0.2, 0) is 23.8 Å². The summed E-state index contributed by atoms with van der Waals surface area (Å²) in [6.45, 7) is 4.06. The maximum absolute atomic E-state index is 12.2. The van der Waals surface area contributed by atoms with Gasteiger partial charge in [0.25, 0.3) is 0 Å². The summed E-state index contributed by atoms with van der Waals surface area (Å²) >= 11 is 0. The van der Waals surface area contributed by atoms with E-state index >= 15 is 0 Å². The molecule has 1 heterocycles. The molecule has 0 N–H and O–H groups in total. The molecule has 22 heavy (non-hydrogen) atoms. The van der Waals surface area contributed by atoms with Crippen LogP contribution in [0.4, 0.5) is 5.69 Å². The van der Waals surface area contributed by atoms with E-state index in [1.54, 1.807) is 4.90 Å². The molecule has 0 atom stereocenters. The number of carbonyl (C=O) groups excluding carboxylic acids is 2. The predicted molar refractivity (Wildman–Crippen MR) is 80.3 cm³/mol. The Kier molecular flexibility index (Phi) is 4.82. The first-order valence-electron chi connectivity index (χ1n) is 6.82. The van der Waals surface area contributed by atoms with Crippen LogP contribution in [0.15, 0.2) is 29.5 Å². The Morgan fingerprint density at radius 1 is 1.14 bits per heavy atom. The minimum absolute atomic E-state index is 0.0124. The highest BCUT2D eigenvalue weighted by Crippen LogP contribution is 2.29. The van der Waals surface area contributed by atoms with Crippen LogP contribution in [0.1, 0.15) is 11.1 Å². The lowest BCUT2D eigenvalue weighted by atomic mass is 10.1. The van der Waals surface area contributed by atoms with Crippen molar-refractivity contribution in [2.75, 3.05) is 32.5 Å². The molecule has 0 unspecified atom stereocenters. The Morgan fingerprint density at radius 3 is 2.45 bits per heavy atom. The largest absolute Gasteiger partial charge is 0.466 e. The van der Waals surface area contributed by atoms with Gasteiger partial charge < -0.3 is 19.1 Å². The molecule has 1 aliphatic rings. The van der Waals surface area contributed by atoms with Gasteiger partial charge >= 0.3 is 11.9 Å². The molecule has 0 saturated heterocycles. The van der Waals surface area contributed by atoms with Crippen molar-refractivity contribution in [2.45, 2.75) is 13.8 Å². The Bertz CT molecular complexity index is 635. The summed E-state index contributed by atoms with van der Waals surface area (Å²) in [6.07, 6.45) is 0. The Labute approximate surface area is 129 Å². The molecule has 118 valence electrons. The van der Waals surface area contributed by atoms with E-state index in [-0.39, 0.29) is 24.6 Å². The molecule has 1 aromatic rings. The second-order valence-corrected chi connectivity index (χ2v) is 5.01. The number of rotatable bonds is 3. The summed E-state index contributed by atoms with van der Waals surface area (Å²) in [4.78, 5) is 25.8. The van der Waals surface area contributed by atoms with Crippen molar-refractivity contribution in [2.24, 2.45) is 0 Å². The van der Waals surface area contributed by atoms with Crippen molar-refractivity contribution in [3.8, 4) is 0 Å². The second-order valence-electron chi connectivity index (χ2n) is 5.01. The Balaban J connectivity index is 2.60. The van der Waals surface area contributed by atoms with Gasteiger partial charge in [0.2, 0.25) is 0 Å². The summed E-state index contributed by atoms with van der Waals surface area (Å²) in [5, 5.41) is 0. The van der Waals surface area contributed by atoms with Gasteiger partial charge in [-0.25, -0.2) is 9.59 Å². The van der Waals surface area contributed by atoms with Crippen LogP contribution in [0.2, 0.25) is 0 Å². The molecule has 6 heteroatoms. The summed E-state index contributed by atoms with van der Waals surface area (Å²) in [6, 6.07) is 5.86. The quantitative estimate of drug-likeness (QED) is 0.792. The minimum atomic E-state index is -0.601. The average molecular weight is 305 g/mol. The average Bonchev–Trinajstić information content (AvgIpc) is 2.54. The van der Waals surface area contributed by atoms with Crippen LogP contribution < -0.4 is 4.90 Å². The third kappa shape index (κ3) is 2.96. The topological polar surface area (TPSA) is 65.1 Å². The van der Waals surface area contributed by atoms with Crippen LogP contribution in [0.5, 0.6) is 0 Å². The monoisotopic (exact) mass is 305 g/mol. The summed E-state index contributed by atoms with van der Waals surface area (Å²) < 4.78 is 15.0. The molecule has 0 saturated carbocycles. The molecule has 0 bridgehead atoms. The highest BCUT2D eigenvalue weighted by molar-refractivity contribution is 6.03. The number of aryl methyl sites for hydroxylation is 2. The van der Waals surface area contributed by atoms with Crippen molar-refractivity contribution in [1.82, 2.24) is 0 Å². The van der Waals surface area contributed by atoms with E-state index in [0.29, 0.717) is 0 Å². The molecule has 0 spiro atoms. The van der Waals surface area contributed by atoms with Gasteiger partial charge in [0.1, 0.15) is 12.4 Å². The van der Waals surface area contributed by atoms with Crippen LogP contribution in [0.25, 0.3) is 0 Å². The van der Waals surface area contributed by atoms with Crippen molar-refractivity contribution < 1.29 is 23.8 Å². The number of carbonyl (C=O) groups is 2. The van der Waals surface area contributed by atoms with Gasteiger partial charge in [0.15, 0.2) is 0 Å². The molecule has 0 radical (unpaired) electrons. The van der Waals surface area contributed by atoms with E-state index in [1.807, 2.05) is 32.0 Å². The normalized spacial score (nSPS) is 14.8. The summed E-state index contributed by atoms with van der Waals surface area (Å²) in [7, 11) is 2.54. The van der Waals surface area contributed by atoms with Crippen LogP contribution in [0.3, 0.4) is 0 Å².